The zero-order chi connectivity index (χ0) is 19.3. The van der Waals surface area contributed by atoms with Crippen LogP contribution in [0, 0.1) is 13.8 Å². The highest BCUT2D eigenvalue weighted by Gasteiger charge is 2.23. The molecule has 0 aliphatic carbocycles. The highest BCUT2D eigenvalue weighted by molar-refractivity contribution is 7.89. The smallest absolute Gasteiger partial charge is 0.251 e. The van der Waals surface area contributed by atoms with Crippen molar-refractivity contribution in [1.29, 1.82) is 0 Å². The molecule has 26 heavy (non-hydrogen) atoms. The highest BCUT2D eigenvalue weighted by atomic mass is 32.2. The van der Waals surface area contributed by atoms with Gasteiger partial charge in [0.1, 0.15) is 0 Å². The van der Waals surface area contributed by atoms with Crippen molar-refractivity contribution in [2.24, 2.45) is 0 Å². The predicted octanol–water partition coefficient (Wildman–Crippen LogP) is 1.38. The van der Waals surface area contributed by atoms with Crippen molar-refractivity contribution in [3.63, 3.8) is 0 Å². The molecular formula is C17H25F2N3O3S. The quantitative estimate of drug-likeness (QED) is 0.765. The van der Waals surface area contributed by atoms with E-state index in [0.717, 1.165) is 11.1 Å². The third kappa shape index (κ3) is 5.72. The molecule has 1 aromatic carbocycles. The van der Waals surface area contributed by atoms with Gasteiger partial charge < -0.3 is 4.90 Å². The molecule has 0 radical (unpaired) electrons. The third-order valence-corrected chi connectivity index (χ3v) is 6.00. The molecule has 0 aromatic heterocycles. The molecule has 1 aliphatic rings. The third-order valence-electron chi connectivity index (χ3n) is 4.54. The van der Waals surface area contributed by atoms with Gasteiger partial charge in [0.15, 0.2) is 0 Å². The molecule has 1 amide bonds. The highest BCUT2D eigenvalue weighted by Crippen LogP contribution is 2.14. The Kier molecular flexibility index (Phi) is 7.08. The van der Waals surface area contributed by atoms with Crippen molar-refractivity contribution in [2.75, 3.05) is 39.3 Å². The fraction of sp³-hybridized carbons (Fsp3) is 0.588. The summed E-state index contributed by atoms with van der Waals surface area (Å²) < 4.78 is 51.7. The summed E-state index contributed by atoms with van der Waals surface area (Å²) in [5, 5.41) is 0. The molecule has 9 heteroatoms. The van der Waals surface area contributed by atoms with Crippen LogP contribution in [0.3, 0.4) is 0 Å². The Morgan fingerprint density at radius 2 is 1.81 bits per heavy atom. The number of nitrogens with zero attached hydrogens (tertiary/aromatic N) is 2. The van der Waals surface area contributed by atoms with Crippen molar-refractivity contribution in [2.45, 2.75) is 31.6 Å². The van der Waals surface area contributed by atoms with Crippen molar-refractivity contribution in [3.8, 4) is 0 Å². The molecule has 0 atom stereocenters. The van der Waals surface area contributed by atoms with Crippen LogP contribution in [0.1, 0.15) is 17.5 Å². The molecule has 1 fully saturated rings. The number of piperazine rings is 1. The van der Waals surface area contributed by atoms with Gasteiger partial charge in [-0.3, -0.25) is 9.69 Å². The number of amides is 1. The van der Waals surface area contributed by atoms with Crippen LogP contribution in [-0.4, -0.2) is 69.8 Å². The van der Waals surface area contributed by atoms with E-state index in [4.69, 9.17) is 0 Å². The fourth-order valence-corrected chi connectivity index (χ4v) is 3.91. The van der Waals surface area contributed by atoms with Crippen LogP contribution >= 0.6 is 0 Å². The molecule has 2 rings (SSSR count). The van der Waals surface area contributed by atoms with E-state index in [1.54, 1.807) is 21.9 Å². The minimum atomic E-state index is -3.66. The van der Waals surface area contributed by atoms with E-state index in [2.05, 4.69) is 4.72 Å². The standard InChI is InChI=1S/C17H25F2N3O3S/c1-13-3-4-15(11-14(13)2)26(24,25)20-6-5-17(23)22-9-7-21(8-10-22)12-16(18)19/h3-4,11,16,20H,5-10,12H2,1-2H3. The van der Waals surface area contributed by atoms with Gasteiger partial charge in [-0.05, 0) is 37.1 Å². The predicted molar refractivity (Wildman–Crippen MR) is 94.7 cm³/mol. The lowest BCUT2D eigenvalue weighted by molar-refractivity contribution is -0.132. The summed E-state index contributed by atoms with van der Waals surface area (Å²) in [5.41, 5.74) is 1.88. The zero-order valence-electron chi connectivity index (χ0n) is 15.0. The summed E-state index contributed by atoms with van der Waals surface area (Å²) in [4.78, 5) is 15.6. The second kappa shape index (κ2) is 8.88. The van der Waals surface area contributed by atoms with Crippen LogP contribution in [-0.2, 0) is 14.8 Å². The Balaban J connectivity index is 1.80. The normalized spacial score (nSPS) is 16.3. The Bertz CT molecular complexity index is 733. The number of carbonyl (C=O) groups excluding carboxylic acids is 1. The summed E-state index contributed by atoms with van der Waals surface area (Å²) in [6.07, 6.45) is -2.34. The summed E-state index contributed by atoms with van der Waals surface area (Å²) >= 11 is 0. The van der Waals surface area contributed by atoms with Gasteiger partial charge in [0.05, 0.1) is 11.4 Å². The van der Waals surface area contributed by atoms with Gasteiger partial charge >= 0.3 is 0 Å². The number of carbonyl (C=O) groups is 1. The number of rotatable bonds is 7. The average Bonchev–Trinajstić information content (AvgIpc) is 2.57. The maximum atomic E-state index is 12.4. The van der Waals surface area contributed by atoms with Crippen LogP contribution in [0.5, 0.6) is 0 Å². The zero-order valence-corrected chi connectivity index (χ0v) is 15.9. The number of alkyl halides is 2. The van der Waals surface area contributed by atoms with Crippen LogP contribution in [0.25, 0.3) is 0 Å². The largest absolute Gasteiger partial charge is 0.340 e. The first-order chi connectivity index (χ1) is 12.2. The maximum absolute atomic E-state index is 12.4. The molecule has 6 nitrogen and oxygen atoms in total. The first-order valence-electron chi connectivity index (χ1n) is 8.54. The fourth-order valence-electron chi connectivity index (χ4n) is 2.79. The van der Waals surface area contributed by atoms with Gasteiger partial charge in [-0.15, -0.1) is 0 Å². The van der Waals surface area contributed by atoms with E-state index >= 15 is 0 Å². The van der Waals surface area contributed by atoms with Crippen LogP contribution in [0.4, 0.5) is 8.78 Å². The number of hydrogen-bond donors (Lipinski definition) is 1. The summed E-state index contributed by atoms with van der Waals surface area (Å²) in [6, 6.07) is 4.88. The topological polar surface area (TPSA) is 69.7 Å². The monoisotopic (exact) mass is 389 g/mol. The Morgan fingerprint density at radius 1 is 1.15 bits per heavy atom. The number of hydrogen-bond acceptors (Lipinski definition) is 4. The summed E-state index contributed by atoms with van der Waals surface area (Å²) in [5.74, 6) is -0.176. The molecule has 0 unspecified atom stereocenters. The molecule has 0 bridgehead atoms. The van der Waals surface area contributed by atoms with Crippen molar-refractivity contribution < 1.29 is 22.0 Å². The molecule has 1 aliphatic heterocycles. The lowest BCUT2D eigenvalue weighted by atomic mass is 10.1. The van der Waals surface area contributed by atoms with Gasteiger partial charge in [0.25, 0.3) is 6.43 Å². The second-order valence-electron chi connectivity index (χ2n) is 6.47. The van der Waals surface area contributed by atoms with E-state index in [-0.39, 0.29) is 30.3 Å². The average molecular weight is 389 g/mol. The second-order valence-corrected chi connectivity index (χ2v) is 8.23. The van der Waals surface area contributed by atoms with Gasteiger partial charge in [-0.1, -0.05) is 6.07 Å². The molecule has 1 saturated heterocycles. The first kappa shape index (κ1) is 20.7. The van der Waals surface area contributed by atoms with E-state index in [0.29, 0.717) is 26.2 Å². The Hall–Kier alpha value is -1.58. The maximum Gasteiger partial charge on any atom is 0.251 e. The molecule has 1 N–H and O–H groups in total. The van der Waals surface area contributed by atoms with Gasteiger partial charge in [-0.2, -0.15) is 0 Å². The van der Waals surface area contributed by atoms with E-state index < -0.39 is 16.4 Å². The van der Waals surface area contributed by atoms with Crippen LogP contribution < -0.4 is 4.72 Å². The van der Waals surface area contributed by atoms with Gasteiger partial charge in [0, 0.05) is 39.1 Å². The van der Waals surface area contributed by atoms with E-state index in [1.807, 2.05) is 13.8 Å². The molecule has 146 valence electrons. The molecule has 0 saturated carbocycles. The number of nitrogens with one attached hydrogen (secondary N) is 1. The van der Waals surface area contributed by atoms with E-state index in [9.17, 15) is 22.0 Å². The molecule has 0 spiro atoms. The van der Waals surface area contributed by atoms with Crippen molar-refractivity contribution >= 4 is 15.9 Å². The molecule has 1 aromatic rings. The van der Waals surface area contributed by atoms with Crippen molar-refractivity contribution in [1.82, 2.24) is 14.5 Å². The van der Waals surface area contributed by atoms with Gasteiger partial charge in [-0.25, -0.2) is 21.9 Å². The summed E-state index contributed by atoms with van der Waals surface area (Å²) in [7, 11) is -3.66. The Labute approximate surface area is 153 Å². The SMILES string of the molecule is Cc1ccc(S(=O)(=O)NCCC(=O)N2CCN(CC(F)F)CC2)cc1C. The number of aryl methyl sites for hydroxylation is 2. The Morgan fingerprint density at radius 3 is 2.38 bits per heavy atom. The lowest BCUT2D eigenvalue weighted by Crippen LogP contribution is -2.50. The molecular weight excluding hydrogens is 364 g/mol. The first-order valence-corrected chi connectivity index (χ1v) is 10.0. The number of sulfonamides is 1. The minimum absolute atomic E-state index is 0.00530. The molecule has 1 heterocycles. The van der Waals surface area contributed by atoms with Gasteiger partial charge in [0.2, 0.25) is 15.9 Å². The minimum Gasteiger partial charge on any atom is -0.340 e. The van der Waals surface area contributed by atoms with Crippen molar-refractivity contribution in [3.05, 3.63) is 29.3 Å². The number of halogens is 2. The number of benzene rings is 1. The van der Waals surface area contributed by atoms with Crippen LogP contribution in [0.15, 0.2) is 23.1 Å². The van der Waals surface area contributed by atoms with Crippen LogP contribution in [0.2, 0.25) is 0 Å². The summed E-state index contributed by atoms with van der Waals surface area (Å²) in [6.45, 7) is 5.05. The van der Waals surface area contributed by atoms with E-state index in [1.165, 1.54) is 6.07 Å². The lowest BCUT2D eigenvalue weighted by Gasteiger charge is -2.34.